The van der Waals surface area contributed by atoms with E-state index in [0.29, 0.717) is 5.56 Å². The number of aliphatic carboxylic acids is 1. The minimum Gasteiger partial charge on any atom is -0.481 e. The van der Waals surface area contributed by atoms with Crippen LogP contribution in [0.15, 0.2) is 48.8 Å². The van der Waals surface area contributed by atoms with Crippen molar-refractivity contribution in [2.75, 3.05) is 13.1 Å². The minimum atomic E-state index is -4.94. The molecule has 2 atom stereocenters. The summed E-state index contributed by atoms with van der Waals surface area (Å²) in [6, 6.07) is 9.17. The summed E-state index contributed by atoms with van der Waals surface area (Å²) >= 11 is 0. The largest absolute Gasteiger partial charge is 0.481 e. The number of aromatic nitrogens is 2. The highest BCUT2D eigenvalue weighted by Crippen LogP contribution is 2.46. The molecule has 0 spiro atoms. The van der Waals surface area contributed by atoms with Gasteiger partial charge < -0.3 is 10.0 Å². The number of hydrogen-bond acceptors (Lipinski definition) is 3. The second-order valence-electron chi connectivity index (χ2n) is 6.19. The zero-order chi connectivity index (χ0) is 18.9. The summed E-state index contributed by atoms with van der Waals surface area (Å²) in [4.78, 5) is 25.3. The number of carbonyl (C=O) groups is 2. The fraction of sp³-hybridized carbons (Fsp3) is 0.353. The van der Waals surface area contributed by atoms with Gasteiger partial charge in [0.05, 0.1) is 0 Å². The van der Waals surface area contributed by atoms with Crippen molar-refractivity contribution < 1.29 is 27.9 Å². The van der Waals surface area contributed by atoms with E-state index >= 15 is 0 Å². The van der Waals surface area contributed by atoms with Crippen LogP contribution in [0.25, 0.3) is 0 Å². The van der Waals surface area contributed by atoms with Crippen LogP contribution in [0.3, 0.4) is 0 Å². The maximum absolute atomic E-state index is 13.4. The van der Waals surface area contributed by atoms with E-state index in [1.807, 2.05) is 0 Å². The average molecular weight is 367 g/mol. The van der Waals surface area contributed by atoms with Gasteiger partial charge in [-0.25, -0.2) is 0 Å². The molecule has 2 aromatic rings. The summed E-state index contributed by atoms with van der Waals surface area (Å²) in [6.07, 6.45) is -2.61. The Morgan fingerprint density at radius 2 is 1.88 bits per heavy atom. The van der Waals surface area contributed by atoms with Gasteiger partial charge in [0.1, 0.15) is 0 Å². The number of rotatable bonds is 4. The zero-order valence-corrected chi connectivity index (χ0v) is 13.6. The van der Waals surface area contributed by atoms with Crippen molar-refractivity contribution in [2.24, 2.45) is 5.41 Å². The van der Waals surface area contributed by atoms with Gasteiger partial charge in [-0.3, -0.25) is 14.3 Å². The molecule has 1 N–H and O–H groups in total. The van der Waals surface area contributed by atoms with E-state index in [1.165, 1.54) is 10.9 Å². The Kier molecular flexibility index (Phi) is 4.47. The third-order valence-electron chi connectivity index (χ3n) is 4.67. The van der Waals surface area contributed by atoms with E-state index in [2.05, 4.69) is 5.10 Å². The summed E-state index contributed by atoms with van der Waals surface area (Å²) < 4.78 is 41.4. The number of hydrogen-bond donors (Lipinski definition) is 1. The average Bonchev–Trinajstić information content (AvgIpc) is 3.26. The molecule has 9 heteroatoms. The van der Waals surface area contributed by atoms with Gasteiger partial charge in [0.2, 0.25) is 0 Å². The van der Waals surface area contributed by atoms with Crippen molar-refractivity contribution >= 4 is 11.9 Å². The molecule has 0 radical (unpaired) electrons. The molecule has 1 aromatic carbocycles. The third-order valence-corrected chi connectivity index (χ3v) is 4.67. The summed E-state index contributed by atoms with van der Waals surface area (Å²) in [5.41, 5.74) is -2.38. The number of carbonyl (C=O) groups excluding carboxylic acids is 1. The van der Waals surface area contributed by atoms with Crippen molar-refractivity contribution in [1.29, 1.82) is 0 Å². The molecule has 1 aliphatic rings. The number of benzene rings is 1. The Morgan fingerprint density at radius 3 is 2.38 bits per heavy atom. The number of carboxylic acid groups (broad SMARTS) is 1. The molecule has 1 aromatic heterocycles. The lowest BCUT2D eigenvalue weighted by molar-refractivity contribution is -0.227. The molecular weight excluding hydrogens is 351 g/mol. The van der Waals surface area contributed by atoms with Crippen LogP contribution in [0.4, 0.5) is 13.2 Å². The predicted octanol–water partition coefficient (Wildman–Crippen LogP) is 2.34. The number of carboxylic acids is 1. The Labute approximate surface area is 146 Å². The standard InChI is InChI=1S/C17H16F3N3O3/c18-17(19,20)16(15(25)26)7-10-22(11-16)14(24)13(23-9-4-8-21-23)12-5-2-1-3-6-12/h1-6,8-9,13H,7,10-11H2,(H,25,26). The van der Waals surface area contributed by atoms with Gasteiger partial charge in [-0.05, 0) is 18.1 Å². The van der Waals surface area contributed by atoms with E-state index in [-0.39, 0.29) is 6.54 Å². The number of halogens is 3. The van der Waals surface area contributed by atoms with Crippen LogP contribution in [-0.2, 0) is 9.59 Å². The molecule has 6 nitrogen and oxygen atoms in total. The molecule has 0 saturated carbocycles. The second kappa shape index (κ2) is 6.47. The molecule has 138 valence electrons. The number of alkyl halides is 3. The van der Waals surface area contributed by atoms with Crippen LogP contribution in [0.1, 0.15) is 18.0 Å². The lowest BCUT2D eigenvalue weighted by Gasteiger charge is -2.28. The molecule has 1 saturated heterocycles. The molecule has 2 unspecified atom stereocenters. The van der Waals surface area contributed by atoms with Crippen molar-refractivity contribution in [3.63, 3.8) is 0 Å². The fourth-order valence-corrected chi connectivity index (χ4v) is 3.18. The lowest BCUT2D eigenvalue weighted by atomic mass is 9.86. The van der Waals surface area contributed by atoms with Gasteiger partial charge in [0.15, 0.2) is 11.5 Å². The molecule has 0 aliphatic carbocycles. The van der Waals surface area contributed by atoms with E-state index < -0.39 is 42.5 Å². The molecule has 26 heavy (non-hydrogen) atoms. The van der Waals surface area contributed by atoms with E-state index in [0.717, 1.165) is 4.90 Å². The maximum atomic E-state index is 13.4. The van der Waals surface area contributed by atoms with Gasteiger partial charge >= 0.3 is 12.1 Å². The van der Waals surface area contributed by atoms with E-state index in [1.54, 1.807) is 42.6 Å². The van der Waals surface area contributed by atoms with Crippen molar-refractivity contribution in [3.05, 3.63) is 54.4 Å². The van der Waals surface area contributed by atoms with E-state index in [9.17, 15) is 22.8 Å². The molecule has 2 heterocycles. The Morgan fingerprint density at radius 1 is 1.19 bits per heavy atom. The second-order valence-corrected chi connectivity index (χ2v) is 6.19. The SMILES string of the molecule is O=C(C(c1ccccc1)n1cccn1)N1CCC(C(=O)O)(C(F)(F)F)C1. The summed E-state index contributed by atoms with van der Waals surface area (Å²) in [5, 5.41) is 13.2. The number of nitrogens with zero attached hydrogens (tertiary/aromatic N) is 3. The molecule has 0 bridgehead atoms. The third kappa shape index (κ3) is 2.93. The number of likely N-dealkylation sites (tertiary alicyclic amines) is 1. The van der Waals surface area contributed by atoms with Crippen LogP contribution in [-0.4, -0.2) is 50.9 Å². The highest BCUT2D eigenvalue weighted by molar-refractivity contribution is 5.86. The predicted molar refractivity (Wildman–Crippen MR) is 84.1 cm³/mol. The van der Waals surface area contributed by atoms with E-state index in [4.69, 9.17) is 5.11 Å². The van der Waals surface area contributed by atoms with Gasteiger partial charge in [-0.2, -0.15) is 18.3 Å². The fourth-order valence-electron chi connectivity index (χ4n) is 3.18. The first-order valence-corrected chi connectivity index (χ1v) is 7.89. The number of amides is 1. The van der Waals surface area contributed by atoms with Crippen molar-refractivity contribution in [1.82, 2.24) is 14.7 Å². The van der Waals surface area contributed by atoms with Crippen LogP contribution < -0.4 is 0 Å². The normalized spacial score (nSPS) is 21.6. The topological polar surface area (TPSA) is 75.4 Å². The Hall–Kier alpha value is -2.84. The molecule has 1 aliphatic heterocycles. The van der Waals surface area contributed by atoms with Crippen LogP contribution in [0.5, 0.6) is 0 Å². The molecule has 3 rings (SSSR count). The Balaban J connectivity index is 1.93. The minimum absolute atomic E-state index is 0.282. The quantitative estimate of drug-likeness (QED) is 0.900. The maximum Gasteiger partial charge on any atom is 0.406 e. The van der Waals surface area contributed by atoms with Gasteiger partial charge in [-0.15, -0.1) is 0 Å². The van der Waals surface area contributed by atoms with Gasteiger partial charge in [-0.1, -0.05) is 30.3 Å². The first kappa shape index (κ1) is 18.0. The van der Waals surface area contributed by atoms with Crippen LogP contribution in [0.2, 0.25) is 0 Å². The highest BCUT2D eigenvalue weighted by Gasteiger charge is 2.64. The first-order valence-electron chi connectivity index (χ1n) is 7.89. The molecule has 1 amide bonds. The van der Waals surface area contributed by atoms with Crippen LogP contribution >= 0.6 is 0 Å². The van der Waals surface area contributed by atoms with Crippen molar-refractivity contribution in [2.45, 2.75) is 18.6 Å². The smallest absolute Gasteiger partial charge is 0.406 e. The molecule has 1 fully saturated rings. The molecular formula is C17H16F3N3O3. The zero-order valence-electron chi connectivity index (χ0n) is 13.6. The summed E-state index contributed by atoms with van der Waals surface area (Å²) in [7, 11) is 0. The summed E-state index contributed by atoms with van der Waals surface area (Å²) in [5.74, 6) is -2.58. The first-order chi connectivity index (χ1) is 12.3. The highest BCUT2D eigenvalue weighted by atomic mass is 19.4. The van der Waals surface area contributed by atoms with Crippen LogP contribution in [0, 0.1) is 5.41 Å². The van der Waals surface area contributed by atoms with Gasteiger partial charge in [0.25, 0.3) is 5.91 Å². The lowest BCUT2D eigenvalue weighted by Crippen LogP contribution is -2.48. The van der Waals surface area contributed by atoms with Crippen molar-refractivity contribution in [3.8, 4) is 0 Å². The monoisotopic (exact) mass is 367 g/mol. The van der Waals surface area contributed by atoms with Gasteiger partial charge in [0, 0.05) is 25.5 Å². The summed E-state index contributed by atoms with van der Waals surface area (Å²) in [6.45, 7) is -1.19. The Bertz CT molecular complexity index is 793.